The molecule has 0 fully saturated rings. The highest BCUT2D eigenvalue weighted by Crippen LogP contribution is 2.12. The number of rotatable bonds is 2. The minimum absolute atomic E-state index is 0.874. The lowest BCUT2D eigenvalue weighted by atomic mass is 10.4. The van der Waals surface area contributed by atoms with Gasteiger partial charge in [-0.3, -0.25) is 0 Å². The van der Waals surface area contributed by atoms with Crippen LogP contribution in [0.2, 0.25) is 0 Å². The van der Waals surface area contributed by atoms with Crippen molar-refractivity contribution in [1.29, 1.82) is 0 Å². The standard InChI is InChI=1S/C10H12BrN3/c1-13(2)6-9-7-14-5-8(11)3-4-10(14)12-9/h3-5,7H,6H2,1-2H3. The van der Waals surface area contributed by atoms with Crippen LogP contribution in [-0.2, 0) is 6.54 Å². The van der Waals surface area contributed by atoms with Gasteiger partial charge in [-0.1, -0.05) is 0 Å². The van der Waals surface area contributed by atoms with Crippen LogP contribution in [0.5, 0.6) is 0 Å². The largest absolute Gasteiger partial charge is 0.306 e. The Morgan fingerprint density at radius 1 is 1.36 bits per heavy atom. The molecule has 0 N–H and O–H groups in total. The second kappa shape index (κ2) is 3.71. The second-order valence-electron chi connectivity index (χ2n) is 3.58. The van der Waals surface area contributed by atoms with Crippen LogP contribution in [0.25, 0.3) is 5.65 Å². The van der Waals surface area contributed by atoms with Crippen LogP contribution in [0.15, 0.2) is 29.0 Å². The zero-order valence-corrected chi connectivity index (χ0v) is 9.82. The summed E-state index contributed by atoms with van der Waals surface area (Å²) in [6.07, 6.45) is 4.07. The first-order valence-corrected chi connectivity index (χ1v) is 5.22. The van der Waals surface area contributed by atoms with Crippen LogP contribution in [0.3, 0.4) is 0 Å². The molecule has 2 aromatic heterocycles. The summed E-state index contributed by atoms with van der Waals surface area (Å²) in [4.78, 5) is 6.60. The maximum Gasteiger partial charge on any atom is 0.137 e. The summed E-state index contributed by atoms with van der Waals surface area (Å²) >= 11 is 3.43. The van der Waals surface area contributed by atoms with Crippen molar-refractivity contribution in [2.75, 3.05) is 14.1 Å². The van der Waals surface area contributed by atoms with Gasteiger partial charge in [-0.25, -0.2) is 4.98 Å². The van der Waals surface area contributed by atoms with E-state index in [0.29, 0.717) is 0 Å². The lowest BCUT2D eigenvalue weighted by Gasteiger charge is -2.04. The van der Waals surface area contributed by atoms with Gasteiger partial charge >= 0.3 is 0 Å². The third-order valence-corrected chi connectivity index (χ3v) is 2.41. The van der Waals surface area contributed by atoms with Crippen molar-refractivity contribution in [3.05, 3.63) is 34.7 Å². The molecular weight excluding hydrogens is 242 g/mol. The summed E-state index contributed by atoms with van der Waals surface area (Å²) in [5.41, 5.74) is 2.08. The Balaban J connectivity index is 2.41. The fraction of sp³-hybridized carbons (Fsp3) is 0.300. The predicted molar refractivity (Wildman–Crippen MR) is 60.3 cm³/mol. The van der Waals surface area contributed by atoms with E-state index in [0.717, 1.165) is 22.4 Å². The Morgan fingerprint density at radius 3 is 2.86 bits per heavy atom. The van der Waals surface area contributed by atoms with E-state index in [4.69, 9.17) is 0 Å². The first kappa shape index (κ1) is 9.68. The Bertz CT molecular complexity index is 448. The van der Waals surface area contributed by atoms with Crippen molar-refractivity contribution < 1.29 is 0 Å². The molecule has 0 aliphatic rings. The Hall–Kier alpha value is -0.870. The maximum absolute atomic E-state index is 4.49. The van der Waals surface area contributed by atoms with Gasteiger partial charge < -0.3 is 9.30 Å². The highest BCUT2D eigenvalue weighted by Gasteiger charge is 2.02. The van der Waals surface area contributed by atoms with Crippen LogP contribution in [-0.4, -0.2) is 28.4 Å². The minimum Gasteiger partial charge on any atom is -0.306 e. The van der Waals surface area contributed by atoms with Gasteiger partial charge in [0.1, 0.15) is 5.65 Å². The molecule has 0 aliphatic heterocycles. The SMILES string of the molecule is CN(C)Cc1cn2cc(Br)ccc2n1. The fourth-order valence-corrected chi connectivity index (χ4v) is 1.77. The average Bonchev–Trinajstić information content (AvgIpc) is 2.44. The van der Waals surface area contributed by atoms with Gasteiger partial charge in [0.2, 0.25) is 0 Å². The molecule has 2 heterocycles. The molecule has 4 heteroatoms. The van der Waals surface area contributed by atoms with Crippen LogP contribution < -0.4 is 0 Å². The number of nitrogens with zero attached hydrogens (tertiary/aromatic N) is 3. The van der Waals surface area contributed by atoms with Gasteiger partial charge in [-0.05, 0) is 42.2 Å². The maximum atomic E-state index is 4.49. The summed E-state index contributed by atoms with van der Waals surface area (Å²) in [6, 6.07) is 4.00. The van der Waals surface area contributed by atoms with Crippen LogP contribution in [0.4, 0.5) is 0 Å². The van der Waals surface area contributed by atoms with Crippen molar-refractivity contribution in [3.63, 3.8) is 0 Å². The van der Waals surface area contributed by atoms with E-state index < -0.39 is 0 Å². The number of hydrogen-bond donors (Lipinski definition) is 0. The number of hydrogen-bond acceptors (Lipinski definition) is 2. The normalized spacial score (nSPS) is 11.4. The first-order chi connectivity index (χ1) is 6.65. The first-order valence-electron chi connectivity index (χ1n) is 4.43. The summed E-state index contributed by atoms with van der Waals surface area (Å²) in [5.74, 6) is 0. The predicted octanol–water partition coefficient (Wildman–Crippen LogP) is 2.16. The van der Waals surface area contributed by atoms with Gasteiger partial charge in [-0.2, -0.15) is 0 Å². The van der Waals surface area contributed by atoms with Crippen LogP contribution in [0, 0.1) is 0 Å². The van der Waals surface area contributed by atoms with E-state index in [1.54, 1.807) is 0 Å². The molecule has 0 spiro atoms. The molecule has 0 amide bonds. The lowest BCUT2D eigenvalue weighted by Crippen LogP contribution is -2.10. The molecule has 0 unspecified atom stereocenters. The highest BCUT2D eigenvalue weighted by atomic mass is 79.9. The summed E-state index contributed by atoms with van der Waals surface area (Å²) in [7, 11) is 4.08. The Labute approximate surface area is 91.5 Å². The monoisotopic (exact) mass is 253 g/mol. The molecule has 2 aromatic rings. The molecule has 0 saturated heterocycles. The zero-order chi connectivity index (χ0) is 10.1. The van der Waals surface area contributed by atoms with E-state index in [9.17, 15) is 0 Å². The van der Waals surface area contributed by atoms with Crippen LogP contribution >= 0.6 is 15.9 Å². The highest BCUT2D eigenvalue weighted by molar-refractivity contribution is 9.10. The third kappa shape index (κ3) is 1.96. The molecule has 74 valence electrons. The molecule has 0 atom stereocenters. The second-order valence-corrected chi connectivity index (χ2v) is 4.50. The molecular formula is C10H12BrN3. The lowest BCUT2D eigenvalue weighted by molar-refractivity contribution is 0.398. The third-order valence-electron chi connectivity index (χ3n) is 1.94. The van der Waals surface area contributed by atoms with Crippen LogP contribution in [0.1, 0.15) is 5.69 Å². The molecule has 0 bridgehead atoms. The Morgan fingerprint density at radius 2 is 2.14 bits per heavy atom. The van der Waals surface area contributed by atoms with Gasteiger partial charge in [0.05, 0.1) is 5.69 Å². The number of halogens is 1. The van der Waals surface area contributed by atoms with Gasteiger partial charge in [0, 0.05) is 23.4 Å². The van der Waals surface area contributed by atoms with Crippen molar-refractivity contribution in [1.82, 2.24) is 14.3 Å². The minimum atomic E-state index is 0.874. The summed E-state index contributed by atoms with van der Waals surface area (Å²) < 4.78 is 3.10. The summed E-state index contributed by atoms with van der Waals surface area (Å²) in [5, 5.41) is 0. The van der Waals surface area contributed by atoms with E-state index in [1.807, 2.05) is 36.8 Å². The zero-order valence-electron chi connectivity index (χ0n) is 8.24. The fourth-order valence-electron chi connectivity index (χ4n) is 1.42. The number of imidazole rings is 1. The van der Waals surface area contributed by atoms with Crippen molar-refractivity contribution in [3.8, 4) is 0 Å². The Kier molecular flexibility index (Phi) is 2.56. The molecule has 0 aliphatic carbocycles. The van der Waals surface area contributed by atoms with E-state index in [-0.39, 0.29) is 0 Å². The molecule has 0 saturated carbocycles. The smallest absolute Gasteiger partial charge is 0.137 e. The summed E-state index contributed by atoms with van der Waals surface area (Å²) in [6.45, 7) is 0.874. The molecule has 14 heavy (non-hydrogen) atoms. The topological polar surface area (TPSA) is 20.5 Å². The van der Waals surface area contributed by atoms with Gasteiger partial charge in [0.25, 0.3) is 0 Å². The quantitative estimate of drug-likeness (QED) is 0.818. The molecule has 3 nitrogen and oxygen atoms in total. The molecule has 0 aromatic carbocycles. The van der Waals surface area contributed by atoms with Gasteiger partial charge in [-0.15, -0.1) is 0 Å². The number of fused-ring (bicyclic) bond motifs is 1. The van der Waals surface area contributed by atoms with Gasteiger partial charge in [0.15, 0.2) is 0 Å². The van der Waals surface area contributed by atoms with Crippen molar-refractivity contribution in [2.24, 2.45) is 0 Å². The van der Waals surface area contributed by atoms with Crippen molar-refractivity contribution >= 4 is 21.6 Å². The van der Waals surface area contributed by atoms with E-state index in [1.165, 1.54) is 0 Å². The number of pyridine rings is 1. The average molecular weight is 254 g/mol. The molecule has 0 radical (unpaired) electrons. The number of aromatic nitrogens is 2. The van der Waals surface area contributed by atoms with Crippen molar-refractivity contribution in [2.45, 2.75) is 6.54 Å². The van der Waals surface area contributed by atoms with E-state index in [2.05, 4.69) is 32.0 Å². The van der Waals surface area contributed by atoms with E-state index >= 15 is 0 Å². The molecule has 2 rings (SSSR count).